The van der Waals surface area contributed by atoms with E-state index in [4.69, 9.17) is 17.3 Å². The van der Waals surface area contributed by atoms with E-state index in [1.807, 2.05) is 0 Å². The zero-order chi connectivity index (χ0) is 15.6. The Bertz CT molecular complexity index is 779. The first-order chi connectivity index (χ1) is 9.79. The standard InChI is InChI=1S/C14H14ClFN2O2S/c1-9-2-4-11(17)7-14(9)21(19,20)18-8-10-3-5-13(16)12(15)6-10/h2-7,18H,8,17H2,1H3. The van der Waals surface area contributed by atoms with Gasteiger partial charge in [-0.05, 0) is 42.3 Å². The van der Waals surface area contributed by atoms with Crippen molar-refractivity contribution in [2.75, 3.05) is 5.73 Å². The Labute approximate surface area is 127 Å². The number of benzene rings is 2. The fourth-order valence-electron chi connectivity index (χ4n) is 1.81. The van der Waals surface area contributed by atoms with E-state index in [1.54, 1.807) is 19.1 Å². The third kappa shape index (κ3) is 3.72. The van der Waals surface area contributed by atoms with Crippen LogP contribution in [0.1, 0.15) is 11.1 Å². The Hall–Kier alpha value is -1.63. The number of anilines is 1. The van der Waals surface area contributed by atoms with Crippen molar-refractivity contribution in [1.82, 2.24) is 4.72 Å². The Kier molecular flexibility index (Phi) is 4.51. The number of nitrogens with two attached hydrogens (primary N) is 1. The third-order valence-corrected chi connectivity index (χ3v) is 4.78. The molecule has 112 valence electrons. The van der Waals surface area contributed by atoms with E-state index in [-0.39, 0.29) is 16.5 Å². The third-order valence-electron chi connectivity index (χ3n) is 2.95. The molecule has 0 fully saturated rings. The van der Waals surface area contributed by atoms with Crippen LogP contribution >= 0.6 is 11.6 Å². The van der Waals surface area contributed by atoms with Gasteiger partial charge in [-0.15, -0.1) is 0 Å². The molecule has 2 rings (SSSR count). The van der Waals surface area contributed by atoms with Crippen molar-refractivity contribution < 1.29 is 12.8 Å². The van der Waals surface area contributed by atoms with Gasteiger partial charge in [0.05, 0.1) is 9.92 Å². The highest BCUT2D eigenvalue weighted by atomic mass is 35.5. The molecule has 0 aromatic heterocycles. The molecule has 3 N–H and O–H groups in total. The summed E-state index contributed by atoms with van der Waals surface area (Å²) in [5.74, 6) is -0.546. The van der Waals surface area contributed by atoms with Gasteiger partial charge in [0.25, 0.3) is 0 Å². The maximum atomic E-state index is 13.1. The van der Waals surface area contributed by atoms with E-state index in [0.717, 1.165) is 0 Å². The number of sulfonamides is 1. The first kappa shape index (κ1) is 15.8. The van der Waals surface area contributed by atoms with E-state index >= 15 is 0 Å². The highest BCUT2D eigenvalue weighted by Gasteiger charge is 2.17. The average molecular weight is 329 g/mol. The molecular formula is C14H14ClFN2O2S. The minimum absolute atomic E-state index is 0.0105. The van der Waals surface area contributed by atoms with Gasteiger partial charge in [-0.1, -0.05) is 23.7 Å². The fraction of sp³-hybridized carbons (Fsp3) is 0.143. The lowest BCUT2D eigenvalue weighted by molar-refractivity contribution is 0.580. The molecule has 2 aromatic rings. The summed E-state index contributed by atoms with van der Waals surface area (Å²) in [5, 5.41) is -0.0492. The van der Waals surface area contributed by atoms with Crippen LogP contribution in [0.2, 0.25) is 5.02 Å². The lowest BCUT2D eigenvalue weighted by atomic mass is 10.2. The molecule has 0 saturated carbocycles. The van der Waals surface area contributed by atoms with Crippen molar-refractivity contribution in [3.05, 3.63) is 58.4 Å². The average Bonchev–Trinajstić information content (AvgIpc) is 2.43. The topological polar surface area (TPSA) is 72.2 Å². The van der Waals surface area contributed by atoms with Crippen LogP contribution < -0.4 is 10.5 Å². The number of rotatable bonds is 4. The Morgan fingerprint density at radius 3 is 2.62 bits per heavy atom. The summed E-state index contributed by atoms with van der Waals surface area (Å²) >= 11 is 5.66. The van der Waals surface area contributed by atoms with Crippen molar-refractivity contribution in [2.24, 2.45) is 0 Å². The van der Waals surface area contributed by atoms with Gasteiger partial charge in [0, 0.05) is 12.2 Å². The van der Waals surface area contributed by atoms with E-state index < -0.39 is 15.8 Å². The summed E-state index contributed by atoms with van der Waals surface area (Å²) in [7, 11) is -3.70. The monoisotopic (exact) mass is 328 g/mol. The molecule has 7 heteroatoms. The van der Waals surface area contributed by atoms with Crippen molar-refractivity contribution >= 4 is 27.3 Å². The predicted molar refractivity (Wildman–Crippen MR) is 81.0 cm³/mol. The molecule has 0 bridgehead atoms. The number of nitrogen functional groups attached to an aromatic ring is 1. The SMILES string of the molecule is Cc1ccc(N)cc1S(=O)(=O)NCc1ccc(F)c(Cl)c1. The van der Waals surface area contributed by atoms with E-state index in [0.29, 0.717) is 16.8 Å². The van der Waals surface area contributed by atoms with Gasteiger partial charge in [-0.2, -0.15) is 0 Å². The van der Waals surface area contributed by atoms with E-state index in [1.165, 1.54) is 24.3 Å². The van der Waals surface area contributed by atoms with Gasteiger partial charge in [0.15, 0.2) is 0 Å². The molecular weight excluding hydrogens is 315 g/mol. The summed E-state index contributed by atoms with van der Waals surface area (Å²) in [6, 6.07) is 8.71. The molecule has 0 aliphatic carbocycles. The molecule has 0 saturated heterocycles. The molecule has 0 radical (unpaired) electrons. The first-order valence-electron chi connectivity index (χ1n) is 6.09. The lowest BCUT2D eigenvalue weighted by Crippen LogP contribution is -2.24. The largest absolute Gasteiger partial charge is 0.399 e. The lowest BCUT2D eigenvalue weighted by Gasteiger charge is -2.10. The highest BCUT2D eigenvalue weighted by molar-refractivity contribution is 7.89. The van der Waals surface area contributed by atoms with Crippen LogP contribution in [0.5, 0.6) is 0 Å². The number of hydrogen-bond donors (Lipinski definition) is 2. The van der Waals surface area contributed by atoms with E-state index in [9.17, 15) is 12.8 Å². The molecule has 0 atom stereocenters. The molecule has 0 aliphatic rings. The van der Waals surface area contributed by atoms with Crippen LogP contribution in [0.25, 0.3) is 0 Å². The fourth-order valence-corrected chi connectivity index (χ4v) is 3.31. The zero-order valence-corrected chi connectivity index (χ0v) is 12.8. The van der Waals surface area contributed by atoms with Crippen LogP contribution in [0.3, 0.4) is 0 Å². The predicted octanol–water partition coefficient (Wildman–Crippen LogP) is 2.85. The molecule has 4 nitrogen and oxygen atoms in total. The molecule has 0 heterocycles. The minimum Gasteiger partial charge on any atom is -0.399 e. The second-order valence-electron chi connectivity index (χ2n) is 4.60. The smallest absolute Gasteiger partial charge is 0.241 e. The molecule has 0 spiro atoms. The van der Waals surface area contributed by atoms with Crippen LogP contribution in [0.4, 0.5) is 10.1 Å². The molecule has 0 aliphatic heterocycles. The normalized spacial score (nSPS) is 11.6. The van der Waals surface area contributed by atoms with Crippen molar-refractivity contribution in [3.8, 4) is 0 Å². The Morgan fingerprint density at radius 1 is 1.24 bits per heavy atom. The quantitative estimate of drug-likeness (QED) is 0.848. The number of nitrogens with one attached hydrogen (secondary N) is 1. The van der Waals surface area contributed by atoms with E-state index in [2.05, 4.69) is 4.72 Å². The van der Waals surface area contributed by atoms with Crippen LogP contribution in [-0.4, -0.2) is 8.42 Å². The summed E-state index contributed by atoms with van der Waals surface area (Å²) < 4.78 is 40.0. The summed E-state index contributed by atoms with van der Waals surface area (Å²) in [4.78, 5) is 0.121. The van der Waals surface area contributed by atoms with Gasteiger partial charge in [0.2, 0.25) is 10.0 Å². The Morgan fingerprint density at radius 2 is 1.95 bits per heavy atom. The molecule has 21 heavy (non-hydrogen) atoms. The summed E-state index contributed by atoms with van der Waals surface area (Å²) in [6.45, 7) is 1.69. The second-order valence-corrected chi connectivity index (χ2v) is 6.74. The van der Waals surface area contributed by atoms with Crippen molar-refractivity contribution in [2.45, 2.75) is 18.4 Å². The summed E-state index contributed by atoms with van der Waals surface area (Å²) in [5.41, 5.74) is 7.14. The van der Waals surface area contributed by atoms with Crippen molar-refractivity contribution in [3.63, 3.8) is 0 Å². The molecule has 2 aromatic carbocycles. The number of hydrogen-bond acceptors (Lipinski definition) is 3. The van der Waals surface area contributed by atoms with Gasteiger partial charge >= 0.3 is 0 Å². The minimum atomic E-state index is -3.70. The number of halogens is 2. The van der Waals surface area contributed by atoms with Gasteiger partial charge in [-0.25, -0.2) is 17.5 Å². The zero-order valence-electron chi connectivity index (χ0n) is 11.2. The summed E-state index contributed by atoms with van der Waals surface area (Å²) in [6.07, 6.45) is 0. The highest BCUT2D eigenvalue weighted by Crippen LogP contribution is 2.19. The van der Waals surface area contributed by atoms with Crippen LogP contribution in [-0.2, 0) is 16.6 Å². The van der Waals surface area contributed by atoms with Gasteiger partial charge < -0.3 is 5.73 Å². The van der Waals surface area contributed by atoms with Gasteiger partial charge in [0.1, 0.15) is 5.82 Å². The van der Waals surface area contributed by atoms with Gasteiger partial charge in [-0.3, -0.25) is 0 Å². The molecule has 0 unspecified atom stereocenters. The second kappa shape index (κ2) is 6.01. The van der Waals surface area contributed by atoms with Crippen LogP contribution in [0, 0.1) is 12.7 Å². The Balaban J connectivity index is 2.21. The molecule has 0 amide bonds. The van der Waals surface area contributed by atoms with Crippen LogP contribution in [0.15, 0.2) is 41.3 Å². The van der Waals surface area contributed by atoms with Crippen molar-refractivity contribution in [1.29, 1.82) is 0 Å². The maximum Gasteiger partial charge on any atom is 0.241 e. The maximum absolute atomic E-state index is 13.1. The number of aryl methyl sites for hydroxylation is 1. The first-order valence-corrected chi connectivity index (χ1v) is 7.95.